The number of imidazole rings is 1. The van der Waals surface area contributed by atoms with Crippen LogP contribution in [-0.2, 0) is 21.4 Å². The van der Waals surface area contributed by atoms with Crippen LogP contribution in [0.25, 0.3) is 0 Å². The Morgan fingerprint density at radius 1 is 1.44 bits per heavy atom. The van der Waals surface area contributed by atoms with E-state index in [4.69, 9.17) is 4.74 Å². The highest BCUT2D eigenvalue weighted by Gasteiger charge is 2.59. The third kappa shape index (κ3) is 2.74. The van der Waals surface area contributed by atoms with Crippen LogP contribution in [-0.4, -0.2) is 71.1 Å². The largest absolute Gasteiger partial charge is 0.383 e. The van der Waals surface area contributed by atoms with Crippen LogP contribution in [0.15, 0.2) is 12.5 Å². The van der Waals surface area contributed by atoms with Crippen LogP contribution in [0.1, 0.15) is 30.9 Å². The van der Waals surface area contributed by atoms with Crippen LogP contribution in [0.3, 0.4) is 0 Å². The van der Waals surface area contributed by atoms with Crippen LogP contribution >= 0.6 is 0 Å². The maximum absolute atomic E-state index is 13.3. The van der Waals surface area contributed by atoms with Crippen LogP contribution < -0.4 is 0 Å². The number of hydrogen-bond donors (Lipinski definition) is 0. The van der Waals surface area contributed by atoms with E-state index in [9.17, 15) is 9.59 Å². The van der Waals surface area contributed by atoms with E-state index in [1.807, 2.05) is 27.6 Å². The number of hydrogen-bond acceptors (Lipinski definition) is 4. The van der Waals surface area contributed by atoms with Gasteiger partial charge in [-0.1, -0.05) is 0 Å². The summed E-state index contributed by atoms with van der Waals surface area (Å²) in [5, 5.41) is 0. The van der Waals surface area contributed by atoms with E-state index >= 15 is 0 Å². The van der Waals surface area contributed by atoms with E-state index in [-0.39, 0.29) is 23.7 Å². The standard InChI is InChI=1S/C18H26N4O3/c1-20-10-15(19-12-20)14-9-22(16(23)13-3-4-13)11-18(14)5-6-21(17(18)24)7-8-25-2/h10,12-14H,3-9,11H2,1-2H3/t14-,18+/m0/s1. The second-order valence-electron chi connectivity index (χ2n) is 7.70. The predicted octanol–water partition coefficient (Wildman–Crippen LogP) is 0.621. The Balaban J connectivity index is 1.62. The first-order valence-corrected chi connectivity index (χ1v) is 9.10. The van der Waals surface area contributed by atoms with Crippen LogP contribution in [0.5, 0.6) is 0 Å². The Bertz CT molecular complexity index is 684. The van der Waals surface area contributed by atoms with Gasteiger partial charge in [0.2, 0.25) is 11.8 Å². The number of carbonyl (C=O) groups excluding carboxylic acids is 2. The van der Waals surface area contributed by atoms with Crippen molar-refractivity contribution in [3.8, 4) is 0 Å². The molecule has 0 bridgehead atoms. The molecule has 136 valence electrons. The Hall–Kier alpha value is -1.89. The van der Waals surface area contributed by atoms with Crippen LogP contribution in [0, 0.1) is 11.3 Å². The van der Waals surface area contributed by atoms with Crippen molar-refractivity contribution in [3.63, 3.8) is 0 Å². The van der Waals surface area contributed by atoms with Gasteiger partial charge in [-0.05, 0) is 19.3 Å². The van der Waals surface area contributed by atoms with Gasteiger partial charge in [-0.3, -0.25) is 9.59 Å². The van der Waals surface area contributed by atoms with Crippen molar-refractivity contribution in [2.75, 3.05) is 39.9 Å². The first-order valence-electron chi connectivity index (χ1n) is 9.10. The number of ether oxygens (including phenoxy) is 1. The lowest BCUT2D eigenvalue weighted by atomic mass is 9.75. The number of nitrogens with zero attached hydrogens (tertiary/aromatic N) is 4. The summed E-state index contributed by atoms with van der Waals surface area (Å²) in [6, 6.07) is 0. The van der Waals surface area contributed by atoms with Crippen LogP contribution in [0.2, 0.25) is 0 Å². The van der Waals surface area contributed by atoms with Crippen molar-refractivity contribution < 1.29 is 14.3 Å². The summed E-state index contributed by atoms with van der Waals surface area (Å²) in [4.78, 5) is 34.3. The van der Waals surface area contributed by atoms with Crippen molar-refractivity contribution in [1.82, 2.24) is 19.4 Å². The number of aryl methyl sites for hydroxylation is 1. The van der Waals surface area contributed by atoms with E-state index in [0.717, 1.165) is 31.5 Å². The fourth-order valence-electron chi connectivity index (χ4n) is 4.40. The fraction of sp³-hybridized carbons (Fsp3) is 0.722. The molecule has 1 aliphatic carbocycles. The molecule has 0 unspecified atom stereocenters. The van der Waals surface area contributed by atoms with Gasteiger partial charge in [0, 0.05) is 58.4 Å². The highest BCUT2D eigenvalue weighted by molar-refractivity contribution is 5.89. The first-order chi connectivity index (χ1) is 12.0. The fourth-order valence-corrected chi connectivity index (χ4v) is 4.40. The van der Waals surface area contributed by atoms with Gasteiger partial charge in [0.1, 0.15) is 0 Å². The lowest BCUT2D eigenvalue weighted by Crippen LogP contribution is -2.41. The minimum atomic E-state index is -0.521. The summed E-state index contributed by atoms with van der Waals surface area (Å²) in [6.45, 7) is 3.03. The lowest BCUT2D eigenvalue weighted by Gasteiger charge is -2.27. The summed E-state index contributed by atoms with van der Waals surface area (Å²) in [5.41, 5.74) is 0.405. The van der Waals surface area contributed by atoms with E-state index in [1.54, 1.807) is 13.4 Å². The number of likely N-dealkylation sites (tertiary alicyclic amines) is 2. The predicted molar refractivity (Wildman–Crippen MR) is 90.8 cm³/mol. The molecule has 7 nitrogen and oxygen atoms in total. The monoisotopic (exact) mass is 346 g/mol. The summed E-state index contributed by atoms with van der Waals surface area (Å²) in [6.07, 6.45) is 6.53. The summed E-state index contributed by atoms with van der Waals surface area (Å²) in [7, 11) is 3.59. The smallest absolute Gasteiger partial charge is 0.231 e. The molecule has 0 radical (unpaired) electrons. The molecule has 3 heterocycles. The molecule has 2 amide bonds. The molecule has 7 heteroatoms. The molecule has 0 N–H and O–H groups in total. The molecule has 25 heavy (non-hydrogen) atoms. The molecule has 3 fully saturated rings. The van der Waals surface area contributed by atoms with Crippen molar-refractivity contribution in [2.45, 2.75) is 25.2 Å². The third-order valence-corrected chi connectivity index (χ3v) is 5.97. The summed E-state index contributed by atoms with van der Waals surface area (Å²) >= 11 is 0. The topological polar surface area (TPSA) is 67.7 Å². The SMILES string of the molecule is COCCN1CC[C@]2(CN(C(=O)C3CC3)C[C@H]2c2cn(C)cn2)C1=O. The molecule has 2 aliphatic heterocycles. The second-order valence-corrected chi connectivity index (χ2v) is 7.70. The molecule has 2 atom stereocenters. The molecular weight excluding hydrogens is 320 g/mol. The highest BCUT2D eigenvalue weighted by atomic mass is 16.5. The van der Waals surface area contributed by atoms with Crippen molar-refractivity contribution in [3.05, 3.63) is 18.2 Å². The van der Waals surface area contributed by atoms with Gasteiger partial charge < -0.3 is 19.1 Å². The third-order valence-electron chi connectivity index (χ3n) is 5.97. The Kier molecular flexibility index (Phi) is 4.06. The van der Waals surface area contributed by atoms with E-state index in [1.165, 1.54) is 0 Å². The zero-order valence-electron chi connectivity index (χ0n) is 15.0. The number of amides is 2. The van der Waals surface area contributed by atoms with Crippen LogP contribution in [0.4, 0.5) is 0 Å². The minimum Gasteiger partial charge on any atom is -0.383 e. The number of aromatic nitrogens is 2. The van der Waals surface area contributed by atoms with E-state index in [2.05, 4.69) is 4.98 Å². The molecule has 0 aromatic carbocycles. The Morgan fingerprint density at radius 2 is 2.24 bits per heavy atom. The maximum atomic E-state index is 13.3. The molecule has 1 aromatic heterocycles. The number of methoxy groups -OCH3 is 1. The molecule has 1 spiro atoms. The molecule has 3 aliphatic rings. The summed E-state index contributed by atoms with van der Waals surface area (Å²) < 4.78 is 7.06. The number of rotatable bonds is 5. The van der Waals surface area contributed by atoms with Crippen molar-refractivity contribution >= 4 is 11.8 Å². The van der Waals surface area contributed by atoms with E-state index in [0.29, 0.717) is 26.2 Å². The van der Waals surface area contributed by atoms with E-state index < -0.39 is 5.41 Å². The second kappa shape index (κ2) is 6.12. The zero-order chi connectivity index (χ0) is 17.6. The quantitative estimate of drug-likeness (QED) is 0.784. The van der Waals surface area contributed by atoms with Gasteiger partial charge >= 0.3 is 0 Å². The minimum absolute atomic E-state index is 0.0172. The van der Waals surface area contributed by atoms with Gasteiger partial charge in [-0.15, -0.1) is 0 Å². The van der Waals surface area contributed by atoms with Crippen molar-refractivity contribution in [2.24, 2.45) is 18.4 Å². The molecule has 4 rings (SSSR count). The van der Waals surface area contributed by atoms with Gasteiger partial charge in [0.15, 0.2) is 0 Å². The molecule has 1 saturated carbocycles. The lowest BCUT2D eigenvalue weighted by molar-refractivity contribution is -0.137. The molecular formula is C18H26N4O3. The van der Waals surface area contributed by atoms with Crippen molar-refractivity contribution in [1.29, 1.82) is 0 Å². The zero-order valence-corrected chi connectivity index (χ0v) is 15.0. The van der Waals surface area contributed by atoms with Gasteiger partial charge in [0.05, 0.1) is 24.0 Å². The Morgan fingerprint density at radius 3 is 2.88 bits per heavy atom. The van der Waals surface area contributed by atoms with Gasteiger partial charge in [-0.25, -0.2) is 4.98 Å². The molecule has 2 saturated heterocycles. The number of carbonyl (C=O) groups is 2. The Labute approximate surface area is 147 Å². The average Bonchev–Trinajstić information content (AvgIpc) is 3.15. The maximum Gasteiger partial charge on any atom is 0.231 e. The van der Waals surface area contributed by atoms with Gasteiger partial charge in [0.25, 0.3) is 0 Å². The first kappa shape index (κ1) is 16.6. The normalized spacial score (nSPS) is 29.2. The highest BCUT2D eigenvalue weighted by Crippen LogP contribution is 2.50. The van der Waals surface area contributed by atoms with Gasteiger partial charge in [-0.2, -0.15) is 0 Å². The summed E-state index contributed by atoms with van der Waals surface area (Å²) in [5.74, 6) is 0.546. The average molecular weight is 346 g/mol. The molecule has 1 aromatic rings.